The summed E-state index contributed by atoms with van der Waals surface area (Å²) in [6.07, 6.45) is 2.97. The third-order valence-electron chi connectivity index (χ3n) is 2.95. The van der Waals surface area contributed by atoms with Crippen LogP contribution in [0.25, 0.3) is 0 Å². The highest BCUT2D eigenvalue weighted by atomic mass is 16.3. The van der Waals surface area contributed by atoms with E-state index in [0.717, 1.165) is 0 Å². The molecule has 0 saturated carbocycles. The molecule has 0 aliphatic heterocycles. The molecular weight excluding hydrogens is 296 g/mol. The molecule has 1 aromatic carbocycles. The maximum Gasteiger partial charge on any atom is 0.259 e. The smallest absolute Gasteiger partial charge is 0.259 e. The van der Waals surface area contributed by atoms with Gasteiger partial charge in [-0.2, -0.15) is 5.10 Å². The number of hydrazone groups is 1. The summed E-state index contributed by atoms with van der Waals surface area (Å²) in [5, 5.41) is 15.8. The number of hydrogen-bond acceptors (Lipinski definition) is 5. The first-order valence-electron chi connectivity index (χ1n) is 6.87. The summed E-state index contributed by atoms with van der Waals surface area (Å²) >= 11 is 0. The zero-order valence-corrected chi connectivity index (χ0v) is 12.5. The predicted octanol–water partition coefficient (Wildman–Crippen LogP) is 1.06. The molecule has 7 nitrogen and oxygen atoms in total. The topological polar surface area (TPSA) is 104 Å². The van der Waals surface area contributed by atoms with Gasteiger partial charge >= 0.3 is 0 Å². The molecule has 0 aliphatic rings. The van der Waals surface area contributed by atoms with Crippen LogP contribution < -0.4 is 10.7 Å². The maximum absolute atomic E-state index is 11.8. The van der Waals surface area contributed by atoms with Crippen molar-refractivity contribution >= 4 is 17.5 Å². The molecule has 2 amide bonds. The number of rotatable bonds is 5. The highest BCUT2D eigenvalue weighted by Gasteiger charge is 2.07. The van der Waals surface area contributed by atoms with Gasteiger partial charge in [0.15, 0.2) is 0 Å². The summed E-state index contributed by atoms with van der Waals surface area (Å²) in [5.74, 6) is -0.726. The lowest BCUT2D eigenvalue weighted by Crippen LogP contribution is -2.35. The van der Waals surface area contributed by atoms with Crippen LogP contribution in [-0.4, -0.2) is 34.2 Å². The average molecular weight is 312 g/mol. The summed E-state index contributed by atoms with van der Waals surface area (Å²) in [6.45, 7) is 1.49. The van der Waals surface area contributed by atoms with E-state index in [1.807, 2.05) is 0 Å². The van der Waals surface area contributed by atoms with Crippen molar-refractivity contribution in [2.24, 2.45) is 5.10 Å². The van der Waals surface area contributed by atoms with Gasteiger partial charge in [-0.1, -0.05) is 12.1 Å². The third kappa shape index (κ3) is 4.92. The van der Waals surface area contributed by atoms with Gasteiger partial charge < -0.3 is 10.4 Å². The lowest BCUT2D eigenvalue weighted by Gasteiger charge is -2.05. The molecule has 0 fully saturated rings. The first-order valence-corrected chi connectivity index (χ1v) is 6.87. The number of carbonyl (C=O) groups is 2. The number of carbonyl (C=O) groups excluding carboxylic acids is 2. The summed E-state index contributed by atoms with van der Waals surface area (Å²) in [7, 11) is 0. The number of phenolic OH excluding ortho intramolecular Hbond substituents is 1. The third-order valence-corrected chi connectivity index (χ3v) is 2.95. The first-order chi connectivity index (χ1) is 11.1. The van der Waals surface area contributed by atoms with Crippen LogP contribution >= 0.6 is 0 Å². The number of nitrogens with zero attached hydrogens (tertiary/aromatic N) is 2. The van der Waals surface area contributed by atoms with Crippen LogP contribution in [0, 0.1) is 0 Å². The Hall–Kier alpha value is -3.22. The number of hydrogen-bond donors (Lipinski definition) is 3. The van der Waals surface area contributed by atoms with Crippen molar-refractivity contribution < 1.29 is 14.7 Å². The molecule has 2 rings (SSSR count). The molecule has 0 unspecified atom stereocenters. The van der Waals surface area contributed by atoms with E-state index >= 15 is 0 Å². The normalized spacial score (nSPS) is 10.9. The number of benzene rings is 1. The second-order valence-electron chi connectivity index (χ2n) is 4.71. The Balaban J connectivity index is 1.85. The Morgan fingerprint density at radius 3 is 2.70 bits per heavy atom. The van der Waals surface area contributed by atoms with Crippen molar-refractivity contribution in [3.63, 3.8) is 0 Å². The average Bonchev–Trinajstić information content (AvgIpc) is 2.58. The Kier molecular flexibility index (Phi) is 5.40. The minimum absolute atomic E-state index is 0.118. The van der Waals surface area contributed by atoms with E-state index in [2.05, 4.69) is 20.8 Å². The molecule has 1 heterocycles. The molecule has 2 aromatic rings. The molecule has 0 radical (unpaired) electrons. The fraction of sp³-hybridized carbons (Fsp3) is 0.125. The predicted molar refractivity (Wildman–Crippen MR) is 85.0 cm³/mol. The SMILES string of the molecule is C/C(=N\NC(=O)CNC(=O)c1cccnc1)c1cccc(O)c1. The van der Waals surface area contributed by atoms with E-state index in [1.54, 1.807) is 43.5 Å². The molecule has 1 aromatic heterocycles. The molecule has 0 spiro atoms. The van der Waals surface area contributed by atoms with Crippen molar-refractivity contribution in [2.45, 2.75) is 6.92 Å². The first kappa shape index (κ1) is 16.2. The summed E-state index contributed by atoms with van der Waals surface area (Å²) in [5.41, 5.74) is 3.94. The summed E-state index contributed by atoms with van der Waals surface area (Å²) in [6, 6.07) is 9.76. The van der Waals surface area contributed by atoms with Crippen LogP contribution in [0.1, 0.15) is 22.8 Å². The van der Waals surface area contributed by atoms with Crippen molar-refractivity contribution in [2.75, 3.05) is 6.54 Å². The molecule has 7 heteroatoms. The van der Waals surface area contributed by atoms with Crippen LogP contribution in [0.3, 0.4) is 0 Å². The van der Waals surface area contributed by atoms with Gasteiger partial charge in [-0.25, -0.2) is 5.43 Å². The Labute approximate surface area is 133 Å². The Morgan fingerprint density at radius 2 is 2.00 bits per heavy atom. The van der Waals surface area contributed by atoms with E-state index in [1.165, 1.54) is 12.3 Å². The Bertz CT molecular complexity index is 729. The van der Waals surface area contributed by atoms with Gasteiger partial charge in [0.05, 0.1) is 17.8 Å². The summed E-state index contributed by atoms with van der Waals surface area (Å²) < 4.78 is 0. The van der Waals surface area contributed by atoms with Crippen LogP contribution in [-0.2, 0) is 4.79 Å². The van der Waals surface area contributed by atoms with Gasteiger partial charge in [-0.15, -0.1) is 0 Å². The van der Waals surface area contributed by atoms with E-state index in [0.29, 0.717) is 16.8 Å². The number of amides is 2. The van der Waals surface area contributed by atoms with E-state index in [-0.39, 0.29) is 18.2 Å². The van der Waals surface area contributed by atoms with Gasteiger partial charge in [0.1, 0.15) is 5.75 Å². The molecule has 0 bridgehead atoms. The molecule has 23 heavy (non-hydrogen) atoms. The van der Waals surface area contributed by atoms with Crippen molar-refractivity contribution in [1.29, 1.82) is 0 Å². The second kappa shape index (κ2) is 7.69. The van der Waals surface area contributed by atoms with Gasteiger partial charge in [0.25, 0.3) is 11.8 Å². The minimum atomic E-state index is -0.457. The zero-order chi connectivity index (χ0) is 16.7. The van der Waals surface area contributed by atoms with E-state index in [4.69, 9.17) is 0 Å². The van der Waals surface area contributed by atoms with E-state index < -0.39 is 5.91 Å². The number of pyridine rings is 1. The standard InChI is InChI=1S/C16H16N4O3/c1-11(12-4-2-6-14(21)8-12)19-20-15(22)10-18-16(23)13-5-3-7-17-9-13/h2-9,21H,10H2,1H3,(H,18,23)(H,20,22)/b19-11+. The number of nitrogens with one attached hydrogen (secondary N) is 2. The largest absolute Gasteiger partial charge is 0.508 e. The van der Waals surface area contributed by atoms with Crippen LogP contribution in [0.5, 0.6) is 5.75 Å². The zero-order valence-electron chi connectivity index (χ0n) is 12.5. The molecule has 0 aliphatic carbocycles. The number of aromatic hydroxyl groups is 1. The molecule has 118 valence electrons. The minimum Gasteiger partial charge on any atom is -0.508 e. The Morgan fingerprint density at radius 1 is 1.22 bits per heavy atom. The summed E-state index contributed by atoms with van der Waals surface area (Å²) in [4.78, 5) is 27.3. The van der Waals surface area contributed by atoms with Crippen LogP contribution in [0.2, 0.25) is 0 Å². The van der Waals surface area contributed by atoms with E-state index in [9.17, 15) is 14.7 Å². The molecular formula is C16H16N4O3. The fourth-order valence-corrected chi connectivity index (χ4v) is 1.74. The van der Waals surface area contributed by atoms with Gasteiger partial charge in [0, 0.05) is 18.0 Å². The number of phenols is 1. The van der Waals surface area contributed by atoms with Crippen molar-refractivity contribution in [3.05, 3.63) is 59.9 Å². The molecule has 3 N–H and O–H groups in total. The van der Waals surface area contributed by atoms with Gasteiger partial charge in [0.2, 0.25) is 0 Å². The lowest BCUT2D eigenvalue weighted by molar-refractivity contribution is -0.120. The highest BCUT2D eigenvalue weighted by Crippen LogP contribution is 2.11. The quantitative estimate of drug-likeness (QED) is 0.567. The second-order valence-corrected chi connectivity index (χ2v) is 4.71. The number of aromatic nitrogens is 1. The van der Waals surface area contributed by atoms with Crippen molar-refractivity contribution in [3.8, 4) is 5.75 Å². The molecule has 0 atom stereocenters. The maximum atomic E-state index is 11.8. The lowest BCUT2D eigenvalue weighted by atomic mass is 10.1. The highest BCUT2D eigenvalue weighted by molar-refractivity contribution is 6.00. The van der Waals surface area contributed by atoms with Crippen LogP contribution in [0.15, 0.2) is 53.9 Å². The monoisotopic (exact) mass is 312 g/mol. The van der Waals surface area contributed by atoms with Crippen molar-refractivity contribution in [1.82, 2.24) is 15.7 Å². The van der Waals surface area contributed by atoms with Crippen LogP contribution in [0.4, 0.5) is 0 Å². The van der Waals surface area contributed by atoms with Gasteiger partial charge in [-0.05, 0) is 31.2 Å². The fourth-order valence-electron chi connectivity index (χ4n) is 1.74. The molecule has 0 saturated heterocycles. The van der Waals surface area contributed by atoms with Gasteiger partial charge in [-0.3, -0.25) is 14.6 Å².